The summed E-state index contributed by atoms with van der Waals surface area (Å²) < 4.78 is 0. The molecule has 0 aliphatic heterocycles. The van der Waals surface area contributed by atoms with Crippen LogP contribution in [0.2, 0.25) is 0 Å². The summed E-state index contributed by atoms with van der Waals surface area (Å²) in [6.07, 6.45) is 11.6. The zero-order valence-corrected chi connectivity index (χ0v) is 12.1. The van der Waals surface area contributed by atoms with Crippen LogP contribution in [0.1, 0.15) is 72.1 Å². The van der Waals surface area contributed by atoms with Crippen LogP contribution >= 0.6 is 0 Å². The van der Waals surface area contributed by atoms with Crippen LogP contribution in [0.25, 0.3) is 0 Å². The van der Waals surface area contributed by atoms with Gasteiger partial charge in [-0.25, -0.2) is 0 Å². The lowest BCUT2D eigenvalue weighted by atomic mass is 9.70. The Morgan fingerprint density at radius 1 is 0.882 bits per heavy atom. The quantitative estimate of drug-likeness (QED) is 0.768. The molecule has 2 rings (SSSR count). The number of rotatable bonds is 3. The first-order valence-electron chi connectivity index (χ1n) is 7.79. The molecule has 0 spiro atoms. The lowest BCUT2D eigenvalue weighted by Gasteiger charge is -2.37. The highest BCUT2D eigenvalue weighted by molar-refractivity contribution is 4.82. The maximum absolute atomic E-state index is 3.80. The van der Waals surface area contributed by atoms with Crippen molar-refractivity contribution < 1.29 is 0 Å². The Balaban J connectivity index is 1.65. The van der Waals surface area contributed by atoms with Crippen molar-refractivity contribution in [3.63, 3.8) is 0 Å². The van der Waals surface area contributed by atoms with Crippen LogP contribution in [-0.2, 0) is 0 Å². The van der Waals surface area contributed by atoms with Crippen molar-refractivity contribution in [2.24, 2.45) is 17.3 Å². The molecule has 17 heavy (non-hydrogen) atoms. The number of hydrogen-bond acceptors (Lipinski definition) is 1. The third-order valence-electron chi connectivity index (χ3n) is 5.12. The molecule has 1 N–H and O–H groups in total. The van der Waals surface area contributed by atoms with Crippen molar-refractivity contribution >= 4 is 0 Å². The molecule has 0 amide bonds. The zero-order chi connectivity index (χ0) is 12.3. The van der Waals surface area contributed by atoms with Gasteiger partial charge in [-0.05, 0) is 62.3 Å². The minimum atomic E-state index is 0.532. The largest absolute Gasteiger partial charge is 0.314 e. The average Bonchev–Trinajstić information content (AvgIpc) is 2.78. The Hall–Kier alpha value is -0.0400. The van der Waals surface area contributed by atoms with Gasteiger partial charge in [0.2, 0.25) is 0 Å². The van der Waals surface area contributed by atoms with Crippen LogP contribution in [0.4, 0.5) is 0 Å². The van der Waals surface area contributed by atoms with E-state index in [1.165, 1.54) is 57.9 Å². The Kier molecular flexibility index (Phi) is 4.52. The van der Waals surface area contributed by atoms with Crippen LogP contribution < -0.4 is 5.32 Å². The topological polar surface area (TPSA) is 12.0 Å². The molecule has 0 atom stereocenters. The predicted molar refractivity (Wildman–Crippen MR) is 75.2 cm³/mol. The fraction of sp³-hybridized carbons (Fsp3) is 1.00. The molecule has 1 heteroatoms. The molecule has 0 radical (unpaired) electrons. The second-order valence-electron chi connectivity index (χ2n) is 7.47. The minimum absolute atomic E-state index is 0.532. The Morgan fingerprint density at radius 2 is 1.47 bits per heavy atom. The molecule has 2 aliphatic rings. The fourth-order valence-electron chi connectivity index (χ4n) is 3.70. The minimum Gasteiger partial charge on any atom is -0.314 e. The van der Waals surface area contributed by atoms with E-state index in [0.29, 0.717) is 5.41 Å². The molecule has 0 aromatic heterocycles. The van der Waals surface area contributed by atoms with E-state index in [1.54, 1.807) is 0 Å². The van der Waals surface area contributed by atoms with E-state index in [1.807, 2.05) is 0 Å². The van der Waals surface area contributed by atoms with E-state index in [9.17, 15) is 0 Å². The third kappa shape index (κ3) is 3.98. The van der Waals surface area contributed by atoms with Gasteiger partial charge < -0.3 is 5.32 Å². The van der Waals surface area contributed by atoms with E-state index < -0.39 is 0 Å². The first kappa shape index (κ1) is 13.4. The first-order valence-corrected chi connectivity index (χ1v) is 7.79. The summed E-state index contributed by atoms with van der Waals surface area (Å²) in [5, 5.41) is 3.80. The van der Waals surface area contributed by atoms with Crippen LogP contribution in [-0.4, -0.2) is 12.6 Å². The smallest absolute Gasteiger partial charge is 0.00671 e. The molecule has 0 heterocycles. The second kappa shape index (κ2) is 5.73. The molecule has 2 saturated carbocycles. The third-order valence-corrected chi connectivity index (χ3v) is 5.12. The molecule has 1 nitrogen and oxygen atoms in total. The standard InChI is InChI=1S/C16H31N/c1-16(2,3)14-10-8-13(9-11-14)12-17-15-6-4-5-7-15/h13-15,17H,4-12H2,1-3H3. The molecule has 0 bridgehead atoms. The van der Waals surface area contributed by atoms with Crippen molar-refractivity contribution in [2.75, 3.05) is 6.54 Å². The van der Waals surface area contributed by atoms with E-state index >= 15 is 0 Å². The van der Waals surface area contributed by atoms with Gasteiger partial charge in [-0.2, -0.15) is 0 Å². The van der Waals surface area contributed by atoms with Crippen molar-refractivity contribution in [3.05, 3.63) is 0 Å². The summed E-state index contributed by atoms with van der Waals surface area (Å²) in [5.74, 6) is 1.93. The van der Waals surface area contributed by atoms with Gasteiger partial charge >= 0.3 is 0 Å². The molecule has 0 unspecified atom stereocenters. The highest BCUT2D eigenvalue weighted by atomic mass is 14.9. The normalized spacial score (nSPS) is 31.9. The molecule has 0 aromatic carbocycles. The van der Waals surface area contributed by atoms with Gasteiger partial charge in [0.25, 0.3) is 0 Å². The van der Waals surface area contributed by atoms with Crippen LogP contribution in [0.5, 0.6) is 0 Å². The molecule has 0 aromatic rings. The zero-order valence-electron chi connectivity index (χ0n) is 12.1. The summed E-state index contributed by atoms with van der Waals surface area (Å²) in [7, 11) is 0. The maximum Gasteiger partial charge on any atom is 0.00671 e. The summed E-state index contributed by atoms with van der Waals surface area (Å²) in [6, 6.07) is 0.857. The van der Waals surface area contributed by atoms with E-state index in [0.717, 1.165) is 17.9 Å². The van der Waals surface area contributed by atoms with E-state index in [2.05, 4.69) is 26.1 Å². The highest BCUT2D eigenvalue weighted by Crippen LogP contribution is 2.39. The van der Waals surface area contributed by atoms with Crippen molar-refractivity contribution in [1.82, 2.24) is 5.32 Å². The SMILES string of the molecule is CC(C)(C)C1CCC(CNC2CCCC2)CC1. The van der Waals surface area contributed by atoms with Crippen LogP contribution in [0.3, 0.4) is 0 Å². The van der Waals surface area contributed by atoms with Crippen LogP contribution in [0.15, 0.2) is 0 Å². The van der Waals surface area contributed by atoms with Gasteiger partial charge in [-0.3, -0.25) is 0 Å². The summed E-state index contributed by atoms with van der Waals surface area (Å²) in [5.41, 5.74) is 0.532. The summed E-state index contributed by atoms with van der Waals surface area (Å²) in [4.78, 5) is 0. The Bertz CT molecular complexity index is 214. The van der Waals surface area contributed by atoms with E-state index in [-0.39, 0.29) is 0 Å². The van der Waals surface area contributed by atoms with Gasteiger partial charge in [-0.15, -0.1) is 0 Å². The lowest BCUT2D eigenvalue weighted by Crippen LogP contribution is -2.34. The van der Waals surface area contributed by atoms with Gasteiger partial charge in [0.1, 0.15) is 0 Å². The maximum atomic E-state index is 3.80. The molecule has 2 fully saturated rings. The monoisotopic (exact) mass is 237 g/mol. The summed E-state index contributed by atoms with van der Waals surface area (Å²) in [6.45, 7) is 8.53. The molecular formula is C16H31N. The van der Waals surface area contributed by atoms with Gasteiger partial charge in [0.05, 0.1) is 0 Å². The molecular weight excluding hydrogens is 206 g/mol. The second-order valence-corrected chi connectivity index (χ2v) is 7.47. The highest BCUT2D eigenvalue weighted by Gasteiger charge is 2.29. The lowest BCUT2D eigenvalue weighted by molar-refractivity contribution is 0.147. The molecule has 0 saturated heterocycles. The number of nitrogens with one attached hydrogen (secondary N) is 1. The van der Waals surface area contributed by atoms with Crippen molar-refractivity contribution in [1.29, 1.82) is 0 Å². The van der Waals surface area contributed by atoms with Crippen LogP contribution in [0, 0.1) is 17.3 Å². The van der Waals surface area contributed by atoms with Crippen molar-refractivity contribution in [2.45, 2.75) is 78.2 Å². The fourth-order valence-corrected chi connectivity index (χ4v) is 3.70. The van der Waals surface area contributed by atoms with Gasteiger partial charge in [-0.1, -0.05) is 33.6 Å². The molecule has 100 valence electrons. The first-order chi connectivity index (χ1) is 8.05. The van der Waals surface area contributed by atoms with Crippen molar-refractivity contribution in [3.8, 4) is 0 Å². The summed E-state index contributed by atoms with van der Waals surface area (Å²) >= 11 is 0. The number of hydrogen-bond donors (Lipinski definition) is 1. The van der Waals surface area contributed by atoms with E-state index in [4.69, 9.17) is 0 Å². The Labute approximate surface area is 108 Å². The van der Waals surface area contributed by atoms with Gasteiger partial charge in [0, 0.05) is 6.04 Å². The average molecular weight is 237 g/mol. The Morgan fingerprint density at radius 3 is 2.00 bits per heavy atom. The predicted octanol–water partition coefficient (Wildman–Crippen LogP) is 4.37. The molecule has 2 aliphatic carbocycles. The van der Waals surface area contributed by atoms with Gasteiger partial charge in [0.15, 0.2) is 0 Å².